The lowest BCUT2D eigenvalue weighted by molar-refractivity contribution is -0.121. The van der Waals surface area contributed by atoms with Crippen molar-refractivity contribution in [2.24, 2.45) is 0 Å². The summed E-state index contributed by atoms with van der Waals surface area (Å²) >= 11 is 6.19. The molecule has 0 spiro atoms. The predicted molar refractivity (Wildman–Crippen MR) is 141 cm³/mol. The van der Waals surface area contributed by atoms with Gasteiger partial charge in [-0.3, -0.25) is 9.69 Å². The second-order valence-electron chi connectivity index (χ2n) is 9.71. The maximum atomic E-state index is 13.5. The Morgan fingerprint density at radius 3 is 2.44 bits per heavy atom. The van der Waals surface area contributed by atoms with Gasteiger partial charge in [-0.2, -0.15) is 4.68 Å². The van der Waals surface area contributed by atoms with Crippen molar-refractivity contribution in [2.45, 2.75) is 58.7 Å². The zero-order valence-electron chi connectivity index (χ0n) is 21.3. The maximum Gasteiger partial charge on any atom is 0.355 e. The summed E-state index contributed by atoms with van der Waals surface area (Å²) in [6, 6.07) is 15.6. The standard InChI is InChI=1S/C27H34ClN5O3/c1-18(2)29-26(34)15-25-30-33(27(35)32(25)24-7-5-6-22(28)14-24)23-10-8-21(9-11-23)12-13-31-19(3)16-36-17-20(31)4/h5-11,14,18-20H,12-13,15-17H2,1-4H3,(H,29,34). The third-order valence-electron chi connectivity index (χ3n) is 6.37. The van der Waals surface area contributed by atoms with Crippen LogP contribution in [-0.2, 0) is 22.4 Å². The molecule has 2 atom stereocenters. The number of morpholine rings is 1. The summed E-state index contributed by atoms with van der Waals surface area (Å²) in [4.78, 5) is 28.5. The molecule has 1 amide bonds. The van der Waals surface area contributed by atoms with Crippen LogP contribution < -0.4 is 11.0 Å². The molecule has 1 aromatic heterocycles. The Labute approximate surface area is 216 Å². The van der Waals surface area contributed by atoms with E-state index in [1.807, 2.05) is 38.1 Å². The Kier molecular flexibility index (Phi) is 8.28. The Bertz CT molecular complexity index is 1240. The topological polar surface area (TPSA) is 81.4 Å². The van der Waals surface area contributed by atoms with Crippen molar-refractivity contribution in [1.82, 2.24) is 24.6 Å². The van der Waals surface area contributed by atoms with Gasteiger partial charge in [0, 0.05) is 29.7 Å². The Morgan fingerprint density at radius 2 is 1.81 bits per heavy atom. The van der Waals surface area contributed by atoms with E-state index in [2.05, 4.69) is 29.2 Å². The van der Waals surface area contributed by atoms with Crippen LogP contribution in [-0.4, -0.2) is 63.0 Å². The summed E-state index contributed by atoms with van der Waals surface area (Å²) in [7, 11) is 0. The molecule has 1 fully saturated rings. The van der Waals surface area contributed by atoms with Crippen LogP contribution >= 0.6 is 11.6 Å². The molecule has 1 N–H and O–H groups in total. The fourth-order valence-electron chi connectivity index (χ4n) is 4.62. The van der Waals surface area contributed by atoms with Crippen LogP contribution in [0.25, 0.3) is 11.4 Å². The molecule has 3 aromatic rings. The van der Waals surface area contributed by atoms with E-state index in [4.69, 9.17) is 16.3 Å². The van der Waals surface area contributed by atoms with Gasteiger partial charge in [0.05, 0.1) is 31.0 Å². The quantitative estimate of drug-likeness (QED) is 0.501. The number of hydrogen-bond acceptors (Lipinski definition) is 5. The van der Waals surface area contributed by atoms with Gasteiger partial charge in [0.15, 0.2) is 0 Å². The van der Waals surface area contributed by atoms with Crippen LogP contribution in [0.1, 0.15) is 39.1 Å². The number of hydrogen-bond donors (Lipinski definition) is 1. The average molecular weight is 512 g/mol. The molecule has 0 radical (unpaired) electrons. The highest BCUT2D eigenvalue weighted by atomic mass is 35.5. The molecule has 8 nitrogen and oxygen atoms in total. The zero-order valence-corrected chi connectivity index (χ0v) is 22.0. The smallest absolute Gasteiger partial charge is 0.355 e. The normalized spacial score (nSPS) is 18.5. The first kappa shape index (κ1) is 26.1. The van der Waals surface area contributed by atoms with E-state index in [9.17, 15) is 9.59 Å². The first-order chi connectivity index (χ1) is 17.2. The molecule has 36 heavy (non-hydrogen) atoms. The van der Waals surface area contributed by atoms with Crippen molar-refractivity contribution < 1.29 is 9.53 Å². The number of aromatic nitrogens is 3. The fourth-order valence-corrected chi connectivity index (χ4v) is 4.80. The van der Waals surface area contributed by atoms with Gasteiger partial charge in [-0.1, -0.05) is 29.8 Å². The number of halogens is 1. The number of amides is 1. The second kappa shape index (κ2) is 11.4. The summed E-state index contributed by atoms with van der Waals surface area (Å²) in [6.07, 6.45) is 0.877. The van der Waals surface area contributed by atoms with Crippen LogP contribution in [0.3, 0.4) is 0 Å². The predicted octanol–water partition coefficient (Wildman–Crippen LogP) is 3.40. The van der Waals surface area contributed by atoms with E-state index >= 15 is 0 Å². The maximum absolute atomic E-state index is 13.5. The molecule has 4 rings (SSSR count). The molecule has 1 aliphatic rings. The minimum Gasteiger partial charge on any atom is -0.378 e. The number of nitrogens with zero attached hydrogens (tertiary/aromatic N) is 4. The number of rotatable bonds is 8. The van der Waals surface area contributed by atoms with E-state index in [-0.39, 0.29) is 24.1 Å². The summed E-state index contributed by atoms with van der Waals surface area (Å²) < 4.78 is 8.42. The summed E-state index contributed by atoms with van der Waals surface area (Å²) in [5.74, 6) is 0.145. The number of benzene rings is 2. The number of carbonyl (C=O) groups is 1. The molecule has 0 bridgehead atoms. The van der Waals surface area contributed by atoms with Crippen LogP contribution in [0.15, 0.2) is 53.3 Å². The Morgan fingerprint density at radius 1 is 1.11 bits per heavy atom. The average Bonchev–Trinajstić information content (AvgIpc) is 3.14. The van der Waals surface area contributed by atoms with Gasteiger partial charge >= 0.3 is 5.69 Å². The van der Waals surface area contributed by atoms with Gasteiger partial charge in [-0.15, -0.1) is 5.10 Å². The highest BCUT2D eigenvalue weighted by molar-refractivity contribution is 6.30. The number of carbonyl (C=O) groups excluding carboxylic acids is 1. The first-order valence-corrected chi connectivity index (χ1v) is 12.8. The van der Waals surface area contributed by atoms with E-state index in [0.29, 0.717) is 34.3 Å². The molecule has 192 valence electrons. The highest BCUT2D eigenvalue weighted by Gasteiger charge is 2.25. The van der Waals surface area contributed by atoms with E-state index in [1.54, 1.807) is 24.3 Å². The minimum atomic E-state index is -0.353. The third kappa shape index (κ3) is 6.06. The fraction of sp³-hybridized carbons (Fsp3) is 0.444. The van der Waals surface area contributed by atoms with Gasteiger partial charge < -0.3 is 10.1 Å². The molecule has 2 heterocycles. The van der Waals surface area contributed by atoms with E-state index in [0.717, 1.165) is 26.2 Å². The number of nitrogens with one attached hydrogen (secondary N) is 1. The molecule has 9 heteroatoms. The Hall–Kier alpha value is -2.94. The van der Waals surface area contributed by atoms with Crippen molar-refractivity contribution in [3.05, 3.63) is 75.4 Å². The molecule has 2 aromatic carbocycles. The van der Waals surface area contributed by atoms with Crippen molar-refractivity contribution in [2.75, 3.05) is 19.8 Å². The van der Waals surface area contributed by atoms with E-state index < -0.39 is 0 Å². The van der Waals surface area contributed by atoms with Gasteiger partial charge in [0.1, 0.15) is 5.82 Å². The molecular formula is C27H34ClN5O3. The van der Waals surface area contributed by atoms with Crippen molar-refractivity contribution in [1.29, 1.82) is 0 Å². The summed E-state index contributed by atoms with van der Waals surface area (Å²) in [5, 5.41) is 7.90. The lowest BCUT2D eigenvalue weighted by Crippen LogP contribution is -2.50. The van der Waals surface area contributed by atoms with E-state index in [1.165, 1.54) is 14.8 Å². The summed E-state index contributed by atoms with van der Waals surface area (Å²) in [6.45, 7) is 10.6. The molecule has 2 unspecified atom stereocenters. The SMILES string of the molecule is CC(C)NC(=O)Cc1nn(-c2ccc(CCN3C(C)COCC3C)cc2)c(=O)n1-c1cccc(Cl)c1. The molecule has 0 saturated carbocycles. The van der Waals surface area contributed by atoms with Crippen LogP contribution in [0.4, 0.5) is 0 Å². The molecule has 1 saturated heterocycles. The van der Waals surface area contributed by atoms with Gasteiger partial charge in [-0.25, -0.2) is 9.36 Å². The lowest BCUT2D eigenvalue weighted by Gasteiger charge is -2.38. The lowest BCUT2D eigenvalue weighted by atomic mass is 10.1. The van der Waals surface area contributed by atoms with Crippen LogP contribution in [0.5, 0.6) is 0 Å². The number of ether oxygens (including phenoxy) is 1. The molecular weight excluding hydrogens is 478 g/mol. The monoisotopic (exact) mass is 511 g/mol. The van der Waals surface area contributed by atoms with Gasteiger partial charge in [-0.05, 0) is 70.0 Å². The van der Waals surface area contributed by atoms with Crippen LogP contribution in [0, 0.1) is 0 Å². The highest BCUT2D eigenvalue weighted by Crippen LogP contribution is 2.18. The third-order valence-corrected chi connectivity index (χ3v) is 6.61. The summed E-state index contributed by atoms with van der Waals surface area (Å²) in [5.41, 5.74) is 2.04. The largest absolute Gasteiger partial charge is 0.378 e. The molecule has 0 aliphatic carbocycles. The molecule has 1 aliphatic heterocycles. The van der Waals surface area contributed by atoms with Crippen molar-refractivity contribution in [3.63, 3.8) is 0 Å². The van der Waals surface area contributed by atoms with Crippen LogP contribution in [0.2, 0.25) is 5.02 Å². The van der Waals surface area contributed by atoms with Crippen molar-refractivity contribution >= 4 is 17.5 Å². The first-order valence-electron chi connectivity index (χ1n) is 12.4. The van der Waals surface area contributed by atoms with Gasteiger partial charge in [0.25, 0.3) is 0 Å². The van der Waals surface area contributed by atoms with Crippen molar-refractivity contribution in [3.8, 4) is 11.4 Å². The van der Waals surface area contributed by atoms with Gasteiger partial charge in [0.2, 0.25) is 5.91 Å². The Balaban J connectivity index is 1.59. The minimum absolute atomic E-state index is 0.0121. The second-order valence-corrected chi connectivity index (χ2v) is 10.2. The zero-order chi connectivity index (χ0) is 25.8.